The second-order valence-corrected chi connectivity index (χ2v) is 19.1. The molecule has 0 spiro atoms. The Balaban J connectivity index is 1.18. The fraction of sp³-hybridized carbons (Fsp3) is 0.0847. The highest BCUT2D eigenvalue weighted by atomic mass is 32.1. The number of hydrogen-bond acceptors (Lipinski definition) is 4. The molecule has 0 fully saturated rings. The Kier molecular flexibility index (Phi) is 10.3. The van der Waals surface area contributed by atoms with Gasteiger partial charge in [0.2, 0.25) is 0 Å². The Morgan fingerprint density at radius 1 is 0.462 bits per heavy atom. The van der Waals surface area contributed by atoms with Crippen molar-refractivity contribution in [1.29, 1.82) is 0 Å². The van der Waals surface area contributed by atoms with Crippen LogP contribution in [-0.4, -0.2) is 9.13 Å². The van der Waals surface area contributed by atoms with Crippen molar-refractivity contribution in [1.82, 2.24) is 9.13 Å². The zero-order valence-electron chi connectivity index (χ0n) is 37.0. The number of fused-ring (bicyclic) bond motifs is 6. The number of anilines is 5. The third-order valence-electron chi connectivity index (χ3n) is 12.1. The minimum Gasteiger partial charge on any atom is -0.308 e. The SMILES string of the molecule is C=C1C=C/C(N(c2cc(C)cc(C)c2)c2cc3c(s2)c2cc4c(cc2n3-c2ccccc2)c2sc(N(c3ccccc3)c3cc(C)cc(C)c3)cc2n4-c2ccccc2)=C\C/C=C\C=C/1. The Hall–Kier alpha value is -7.38. The first-order valence-corrected chi connectivity index (χ1v) is 23.8. The minimum atomic E-state index is 0.808. The van der Waals surface area contributed by atoms with E-state index >= 15 is 0 Å². The number of hydrogen-bond donors (Lipinski definition) is 0. The molecule has 0 bridgehead atoms. The molecule has 6 heteroatoms. The summed E-state index contributed by atoms with van der Waals surface area (Å²) in [5, 5.41) is 4.79. The third kappa shape index (κ3) is 7.45. The summed E-state index contributed by atoms with van der Waals surface area (Å²) >= 11 is 3.72. The molecule has 6 aromatic carbocycles. The zero-order chi connectivity index (χ0) is 44.2. The van der Waals surface area contributed by atoms with Gasteiger partial charge in [0.05, 0.1) is 31.5 Å². The lowest BCUT2D eigenvalue weighted by molar-refractivity contribution is 1.17. The molecule has 0 N–H and O–H groups in total. The van der Waals surface area contributed by atoms with E-state index in [4.69, 9.17) is 0 Å². The van der Waals surface area contributed by atoms with Gasteiger partial charge in [-0.3, -0.25) is 0 Å². The predicted octanol–water partition coefficient (Wildman–Crippen LogP) is 17.4. The van der Waals surface area contributed by atoms with Gasteiger partial charge < -0.3 is 18.9 Å². The van der Waals surface area contributed by atoms with Gasteiger partial charge >= 0.3 is 0 Å². The summed E-state index contributed by atoms with van der Waals surface area (Å²) < 4.78 is 7.46. The average molecular weight is 877 g/mol. The highest BCUT2D eigenvalue weighted by molar-refractivity contribution is 7.24. The molecule has 0 radical (unpaired) electrons. The highest BCUT2D eigenvalue weighted by Crippen LogP contribution is 2.50. The lowest BCUT2D eigenvalue weighted by atomic mass is 10.1. The van der Waals surface area contributed by atoms with Crippen LogP contribution in [0.1, 0.15) is 28.7 Å². The Morgan fingerprint density at radius 3 is 1.46 bits per heavy atom. The van der Waals surface area contributed by atoms with E-state index in [1.165, 1.54) is 69.5 Å². The van der Waals surface area contributed by atoms with Crippen LogP contribution in [-0.2, 0) is 0 Å². The second-order valence-electron chi connectivity index (χ2n) is 17.1. The van der Waals surface area contributed by atoms with Crippen LogP contribution in [0.25, 0.3) is 53.6 Å². The standard InChI is InChI=1S/C59H48N4S2/c1-39-19-11-6-7-12-26-47(28-27-39)61(49-33-42(4)30-43(5)34-49)57-38-55-59(65-57)51-36-52-50(35-53(51)63(55)46-24-17-10-18-25-46)58-54(62(52)45-22-15-9-16-23-45)37-56(64-58)60(44-20-13-8-14-21-44)48-31-40(2)29-41(3)32-48/h6-11,13-38H,1,12H2,2-5H3/b7-6-,19-11-,28-27?,47-26+. The minimum absolute atomic E-state index is 0.808. The van der Waals surface area contributed by atoms with Gasteiger partial charge in [0.15, 0.2) is 0 Å². The van der Waals surface area contributed by atoms with Crippen molar-refractivity contribution in [2.24, 2.45) is 0 Å². The first-order valence-electron chi connectivity index (χ1n) is 22.2. The van der Waals surface area contributed by atoms with E-state index in [0.29, 0.717) is 0 Å². The van der Waals surface area contributed by atoms with Crippen molar-refractivity contribution >= 4 is 92.0 Å². The molecule has 0 saturated heterocycles. The molecule has 4 nitrogen and oxygen atoms in total. The molecule has 0 saturated carbocycles. The lowest BCUT2D eigenvalue weighted by Gasteiger charge is -2.26. The first kappa shape index (κ1) is 40.4. The molecule has 0 atom stereocenters. The first-order chi connectivity index (χ1) is 31.8. The summed E-state index contributed by atoms with van der Waals surface area (Å²) in [6.45, 7) is 13.1. The van der Waals surface area contributed by atoms with E-state index in [2.05, 4.69) is 247 Å². The molecule has 4 heterocycles. The molecule has 0 unspecified atom stereocenters. The summed E-state index contributed by atoms with van der Waals surface area (Å²) in [5.74, 6) is 0. The maximum Gasteiger partial charge on any atom is 0.103 e. The van der Waals surface area contributed by atoms with Gasteiger partial charge in [-0.2, -0.15) is 0 Å². The van der Waals surface area contributed by atoms with Gasteiger partial charge in [-0.25, -0.2) is 0 Å². The number of aromatic nitrogens is 2. The van der Waals surface area contributed by atoms with E-state index in [-0.39, 0.29) is 0 Å². The van der Waals surface area contributed by atoms with E-state index in [1.54, 1.807) is 0 Å². The normalized spacial score (nSPS) is 14.9. The summed E-state index contributed by atoms with van der Waals surface area (Å²) in [6.07, 6.45) is 15.9. The fourth-order valence-corrected chi connectivity index (χ4v) is 11.9. The van der Waals surface area contributed by atoms with E-state index in [1.807, 2.05) is 22.7 Å². The van der Waals surface area contributed by atoms with E-state index in [0.717, 1.165) is 51.1 Å². The van der Waals surface area contributed by atoms with Crippen molar-refractivity contribution in [2.75, 3.05) is 9.80 Å². The maximum absolute atomic E-state index is 4.32. The molecule has 0 aliphatic heterocycles. The van der Waals surface area contributed by atoms with Crippen LogP contribution in [0.2, 0.25) is 0 Å². The van der Waals surface area contributed by atoms with Crippen molar-refractivity contribution in [2.45, 2.75) is 34.1 Å². The number of thiophene rings is 2. The smallest absolute Gasteiger partial charge is 0.103 e. The van der Waals surface area contributed by atoms with Crippen molar-refractivity contribution in [3.63, 3.8) is 0 Å². The molecule has 0 amide bonds. The number of rotatable bonds is 8. The van der Waals surface area contributed by atoms with Gasteiger partial charge in [-0.05, 0) is 153 Å². The molecule has 1 aliphatic rings. The monoisotopic (exact) mass is 876 g/mol. The molecule has 4 aromatic heterocycles. The number of aryl methyl sites for hydroxylation is 4. The van der Waals surface area contributed by atoms with Gasteiger partial charge in [0, 0.05) is 44.9 Å². The van der Waals surface area contributed by atoms with Crippen LogP contribution < -0.4 is 9.80 Å². The van der Waals surface area contributed by atoms with Crippen molar-refractivity contribution in [3.05, 3.63) is 234 Å². The van der Waals surface area contributed by atoms with Crippen LogP contribution in [0.4, 0.5) is 27.1 Å². The summed E-state index contributed by atoms with van der Waals surface area (Å²) in [5.41, 5.74) is 17.5. The van der Waals surface area contributed by atoms with Crippen LogP contribution in [0.15, 0.2) is 212 Å². The second kappa shape index (κ2) is 16.6. The molecular weight excluding hydrogens is 829 g/mol. The molecule has 65 heavy (non-hydrogen) atoms. The maximum atomic E-state index is 4.32. The summed E-state index contributed by atoms with van der Waals surface area (Å²) in [7, 11) is 0. The summed E-state index contributed by atoms with van der Waals surface area (Å²) in [6, 6.07) is 55.9. The molecule has 11 rings (SSSR count). The van der Waals surface area contributed by atoms with Crippen LogP contribution >= 0.6 is 22.7 Å². The largest absolute Gasteiger partial charge is 0.308 e. The average Bonchev–Trinajstić information content (AvgIpc) is 4.05. The predicted molar refractivity (Wildman–Crippen MR) is 282 cm³/mol. The van der Waals surface area contributed by atoms with Crippen LogP contribution in [0, 0.1) is 27.7 Å². The molecule has 316 valence electrons. The lowest BCUT2D eigenvalue weighted by Crippen LogP contribution is -2.14. The summed E-state index contributed by atoms with van der Waals surface area (Å²) in [4.78, 5) is 4.86. The fourth-order valence-electron chi connectivity index (χ4n) is 9.51. The Labute approximate surface area is 388 Å². The van der Waals surface area contributed by atoms with Gasteiger partial charge in [-0.15, -0.1) is 22.7 Å². The van der Waals surface area contributed by atoms with Gasteiger partial charge in [0.25, 0.3) is 0 Å². The number of benzene rings is 6. The van der Waals surface area contributed by atoms with E-state index in [9.17, 15) is 0 Å². The molecule has 10 aromatic rings. The topological polar surface area (TPSA) is 16.3 Å². The number of allylic oxidation sites excluding steroid dienone is 8. The quantitative estimate of drug-likeness (QED) is 0.151. The number of nitrogens with zero attached hydrogens (tertiary/aromatic N) is 4. The molecular formula is C59H48N4S2. The van der Waals surface area contributed by atoms with Crippen molar-refractivity contribution in [3.8, 4) is 11.4 Å². The van der Waals surface area contributed by atoms with Gasteiger partial charge in [0.1, 0.15) is 10.0 Å². The zero-order valence-corrected chi connectivity index (χ0v) is 38.6. The number of para-hydroxylation sites is 3. The Morgan fingerprint density at radius 2 is 0.938 bits per heavy atom. The van der Waals surface area contributed by atoms with Gasteiger partial charge in [-0.1, -0.05) is 110 Å². The molecule has 1 aliphatic carbocycles. The van der Waals surface area contributed by atoms with E-state index < -0.39 is 0 Å². The Bertz CT molecular complexity index is 3530. The highest BCUT2D eigenvalue weighted by Gasteiger charge is 2.26. The van der Waals surface area contributed by atoms with Crippen LogP contribution in [0.5, 0.6) is 0 Å². The van der Waals surface area contributed by atoms with Crippen molar-refractivity contribution < 1.29 is 0 Å². The third-order valence-corrected chi connectivity index (χ3v) is 14.4. The van der Waals surface area contributed by atoms with Crippen LogP contribution in [0.3, 0.4) is 0 Å².